The number of rotatable bonds is 5. The van der Waals surface area contributed by atoms with E-state index >= 15 is 0 Å². The van der Waals surface area contributed by atoms with Crippen molar-refractivity contribution in [2.24, 2.45) is 0 Å². The summed E-state index contributed by atoms with van der Waals surface area (Å²) in [7, 11) is -3.48. The third-order valence-electron chi connectivity index (χ3n) is 5.30. The van der Waals surface area contributed by atoms with E-state index in [1.165, 1.54) is 0 Å². The molecule has 1 heterocycles. The van der Waals surface area contributed by atoms with Crippen molar-refractivity contribution in [1.82, 2.24) is 9.21 Å². The van der Waals surface area contributed by atoms with Crippen LogP contribution >= 0.6 is 0 Å². The molecule has 28 heavy (non-hydrogen) atoms. The molecule has 5 nitrogen and oxygen atoms in total. The number of hydrogen-bond donors (Lipinski definition) is 1. The fourth-order valence-electron chi connectivity index (χ4n) is 3.45. The number of nitrogens with zero attached hydrogens (tertiary/aromatic N) is 2. The lowest BCUT2D eigenvalue weighted by atomic mass is 9.87. The molecule has 1 unspecified atom stereocenters. The van der Waals surface area contributed by atoms with E-state index < -0.39 is 16.1 Å². The summed E-state index contributed by atoms with van der Waals surface area (Å²) >= 11 is 0. The highest BCUT2D eigenvalue weighted by molar-refractivity contribution is 7.89. The van der Waals surface area contributed by atoms with Gasteiger partial charge >= 0.3 is 0 Å². The van der Waals surface area contributed by atoms with Crippen LogP contribution in [0.25, 0.3) is 0 Å². The maximum atomic E-state index is 13.0. The smallest absolute Gasteiger partial charge is 0.243 e. The molecule has 1 atom stereocenters. The Kier molecular flexibility index (Phi) is 6.25. The molecule has 3 rings (SSSR count). The summed E-state index contributed by atoms with van der Waals surface area (Å²) in [6.45, 7) is 8.94. The molecule has 6 heteroatoms. The minimum absolute atomic E-state index is 0.00644. The van der Waals surface area contributed by atoms with E-state index in [1.807, 2.05) is 42.5 Å². The van der Waals surface area contributed by atoms with Crippen LogP contribution in [0.2, 0.25) is 0 Å². The Bertz CT molecular complexity index is 866. The predicted molar refractivity (Wildman–Crippen MR) is 112 cm³/mol. The minimum Gasteiger partial charge on any atom is -0.387 e. The second-order valence-corrected chi connectivity index (χ2v) is 10.3. The number of benzene rings is 2. The second kappa shape index (κ2) is 8.33. The van der Waals surface area contributed by atoms with Crippen LogP contribution in [-0.4, -0.2) is 55.5 Å². The van der Waals surface area contributed by atoms with E-state index in [0.29, 0.717) is 37.6 Å². The Labute approximate surface area is 168 Å². The molecule has 0 spiro atoms. The monoisotopic (exact) mass is 402 g/mol. The van der Waals surface area contributed by atoms with Gasteiger partial charge in [-0.05, 0) is 28.7 Å². The van der Waals surface area contributed by atoms with Crippen molar-refractivity contribution in [1.29, 1.82) is 0 Å². The molecule has 0 aromatic heterocycles. The second-order valence-electron chi connectivity index (χ2n) is 8.41. The molecule has 1 N–H and O–H groups in total. The standard InChI is InChI=1S/C22H30N2O3S/c1-22(2,3)19-9-11-20(12-10-19)28(26,27)24-15-13-23(14-16-24)17-21(25)18-7-5-4-6-8-18/h4-12,21,25H,13-17H2,1-3H3. The largest absolute Gasteiger partial charge is 0.387 e. The first-order chi connectivity index (χ1) is 13.2. The van der Waals surface area contributed by atoms with Crippen molar-refractivity contribution >= 4 is 10.0 Å². The molecule has 0 radical (unpaired) electrons. The van der Waals surface area contributed by atoms with Gasteiger partial charge in [-0.25, -0.2) is 8.42 Å². The van der Waals surface area contributed by atoms with Gasteiger partial charge < -0.3 is 5.11 Å². The number of sulfonamides is 1. The minimum atomic E-state index is -3.48. The van der Waals surface area contributed by atoms with E-state index in [-0.39, 0.29) is 5.41 Å². The van der Waals surface area contributed by atoms with Gasteiger partial charge in [0.15, 0.2) is 0 Å². The summed E-state index contributed by atoms with van der Waals surface area (Å²) in [6.07, 6.45) is -0.561. The summed E-state index contributed by atoms with van der Waals surface area (Å²) in [6, 6.07) is 16.8. The number of piperazine rings is 1. The highest BCUT2D eigenvalue weighted by atomic mass is 32.2. The molecule has 2 aromatic carbocycles. The van der Waals surface area contributed by atoms with Gasteiger partial charge in [0.05, 0.1) is 11.0 Å². The molecule has 1 saturated heterocycles. The molecular weight excluding hydrogens is 372 g/mol. The van der Waals surface area contributed by atoms with Gasteiger partial charge in [-0.3, -0.25) is 4.90 Å². The third-order valence-corrected chi connectivity index (χ3v) is 7.22. The molecule has 1 aliphatic rings. The first-order valence-corrected chi connectivity index (χ1v) is 11.2. The third kappa shape index (κ3) is 4.81. The number of aliphatic hydroxyl groups is 1. The van der Waals surface area contributed by atoms with Crippen LogP contribution in [-0.2, 0) is 15.4 Å². The highest BCUT2D eigenvalue weighted by Gasteiger charge is 2.29. The van der Waals surface area contributed by atoms with E-state index in [2.05, 4.69) is 25.7 Å². The Balaban J connectivity index is 1.60. The van der Waals surface area contributed by atoms with Gasteiger partial charge in [-0.1, -0.05) is 63.2 Å². The van der Waals surface area contributed by atoms with Gasteiger partial charge in [0.2, 0.25) is 10.0 Å². The summed E-state index contributed by atoms with van der Waals surface area (Å²) in [5.41, 5.74) is 2.00. The van der Waals surface area contributed by atoms with Crippen LogP contribution in [0.1, 0.15) is 38.0 Å². The fourth-order valence-corrected chi connectivity index (χ4v) is 4.88. The summed E-state index contributed by atoms with van der Waals surface area (Å²) < 4.78 is 27.5. The maximum absolute atomic E-state index is 13.0. The Morgan fingerprint density at radius 3 is 2.04 bits per heavy atom. The summed E-state index contributed by atoms with van der Waals surface area (Å²) in [5, 5.41) is 10.4. The average Bonchev–Trinajstić information content (AvgIpc) is 2.68. The topological polar surface area (TPSA) is 60.9 Å². The number of β-amino-alcohol motifs (C(OH)–C–C–N with tert-alkyl or cyclic N) is 1. The normalized spacial score (nSPS) is 18.1. The zero-order chi connectivity index (χ0) is 20.4. The van der Waals surface area contributed by atoms with Gasteiger partial charge in [0.1, 0.15) is 0 Å². The SMILES string of the molecule is CC(C)(C)c1ccc(S(=O)(=O)N2CCN(CC(O)c3ccccc3)CC2)cc1. The van der Waals surface area contributed by atoms with Crippen molar-refractivity contribution in [2.45, 2.75) is 37.2 Å². The Morgan fingerprint density at radius 2 is 1.50 bits per heavy atom. The van der Waals surface area contributed by atoms with Crippen LogP contribution in [0, 0.1) is 0 Å². The average molecular weight is 403 g/mol. The quantitative estimate of drug-likeness (QED) is 0.835. The van der Waals surface area contributed by atoms with Crippen LogP contribution in [0.3, 0.4) is 0 Å². The molecule has 152 valence electrons. The first kappa shape index (κ1) is 21.0. The van der Waals surface area contributed by atoms with Gasteiger partial charge in [0.25, 0.3) is 0 Å². The lowest BCUT2D eigenvalue weighted by Gasteiger charge is -2.35. The number of hydrogen-bond acceptors (Lipinski definition) is 4. The van der Waals surface area contributed by atoms with Crippen LogP contribution in [0.15, 0.2) is 59.5 Å². The van der Waals surface area contributed by atoms with Gasteiger partial charge in [-0.15, -0.1) is 0 Å². The van der Waals surface area contributed by atoms with Gasteiger partial charge in [0, 0.05) is 32.7 Å². The van der Waals surface area contributed by atoms with Crippen molar-refractivity contribution in [3.05, 3.63) is 65.7 Å². The van der Waals surface area contributed by atoms with Crippen LogP contribution < -0.4 is 0 Å². The van der Waals surface area contributed by atoms with Crippen molar-refractivity contribution < 1.29 is 13.5 Å². The molecule has 1 aliphatic heterocycles. The molecule has 0 amide bonds. The fraction of sp³-hybridized carbons (Fsp3) is 0.455. The highest BCUT2D eigenvalue weighted by Crippen LogP contribution is 2.25. The zero-order valence-corrected chi connectivity index (χ0v) is 17.7. The molecule has 1 fully saturated rings. The summed E-state index contributed by atoms with van der Waals surface area (Å²) in [4.78, 5) is 2.46. The zero-order valence-electron chi connectivity index (χ0n) is 16.9. The molecular formula is C22H30N2O3S. The van der Waals surface area contributed by atoms with Crippen LogP contribution in [0.4, 0.5) is 0 Å². The molecule has 0 aliphatic carbocycles. The van der Waals surface area contributed by atoms with Crippen molar-refractivity contribution in [3.8, 4) is 0 Å². The Hall–Kier alpha value is -1.73. The summed E-state index contributed by atoms with van der Waals surface area (Å²) in [5.74, 6) is 0. The predicted octanol–water partition coefficient (Wildman–Crippen LogP) is 3.02. The lowest BCUT2D eigenvalue weighted by molar-refractivity contribution is 0.0921. The van der Waals surface area contributed by atoms with Gasteiger partial charge in [-0.2, -0.15) is 4.31 Å². The Morgan fingerprint density at radius 1 is 0.929 bits per heavy atom. The first-order valence-electron chi connectivity index (χ1n) is 9.74. The number of aliphatic hydroxyl groups excluding tert-OH is 1. The van der Waals surface area contributed by atoms with E-state index in [4.69, 9.17) is 0 Å². The van der Waals surface area contributed by atoms with Crippen molar-refractivity contribution in [3.63, 3.8) is 0 Å². The maximum Gasteiger partial charge on any atom is 0.243 e. The van der Waals surface area contributed by atoms with Crippen LogP contribution in [0.5, 0.6) is 0 Å². The molecule has 0 saturated carbocycles. The van der Waals surface area contributed by atoms with E-state index in [9.17, 15) is 13.5 Å². The molecule has 2 aromatic rings. The van der Waals surface area contributed by atoms with E-state index in [0.717, 1.165) is 11.1 Å². The molecule has 0 bridgehead atoms. The van der Waals surface area contributed by atoms with Crippen molar-refractivity contribution in [2.75, 3.05) is 32.7 Å². The lowest BCUT2D eigenvalue weighted by Crippen LogP contribution is -2.49. The van der Waals surface area contributed by atoms with E-state index in [1.54, 1.807) is 16.4 Å².